The quantitative estimate of drug-likeness (QED) is 0.782. The van der Waals surface area contributed by atoms with Gasteiger partial charge in [0.2, 0.25) is 0 Å². The van der Waals surface area contributed by atoms with Crippen molar-refractivity contribution < 1.29 is 18.3 Å². The number of aromatic hydroxyl groups is 1. The highest BCUT2D eigenvalue weighted by Crippen LogP contribution is 2.37. The first-order valence-electron chi connectivity index (χ1n) is 5.37. The largest absolute Gasteiger partial charge is 0.507 e. The monoisotopic (exact) mass is 272 g/mol. The Bertz CT molecular complexity index is 592. The maximum atomic E-state index is 12.6. The zero-order valence-electron chi connectivity index (χ0n) is 9.86. The van der Waals surface area contributed by atoms with Crippen molar-refractivity contribution in [3.63, 3.8) is 0 Å². The number of H-pyrrole nitrogens is 1. The molecule has 1 unspecified atom stereocenters. The molecule has 0 bridgehead atoms. The Morgan fingerprint density at radius 1 is 1.37 bits per heavy atom. The molecule has 1 atom stereocenters. The molecule has 0 aliphatic heterocycles. The SMILES string of the molecule is CC(N)c1nc(-c2ccc(O)c(C(F)(F)F)c2)n[nH]1. The first-order valence-corrected chi connectivity index (χ1v) is 5.37. The average Bonchev–Trinajstić information content (AvgIpc) is 2.77. The number of nitrogens with one attached hydrogen (secondary N) is 1. The molecule has 102 valence electrons. The van der Waals surface area contributed by atoms with Gasteiger partial charge in [0.15, 0.2) is 5.82 Å². The van der Waals surface area contributed by atoms with Crippen LogP contribution in [0.3, 0.4) is 0 Å². The Morgan fingerprint density at radius 2 is 2.05 bits per heavy atom. The van der Waals surface area contributed by atoms with Crippen LogP contribution in [0.5, 0.6) is 5.75 Å². The highest BCUT2D eigenvalue weighted by molar-refractivity contribution is 5.59. The van der Waals surface area contributed by atoms with Crippen molar-refractivity contribution >= 4 is 0 Å². The summed E-state index contributed by atoms with van der Waals surface area (Å²) < 4.78 is 37.9. The van der Waals surface area contributed by atoms with E-state index in [9.17, 15) is 18.3 Å². The molecular formula is C11H11F3N4O. The molecule has 0 amide bonds. The Kier molecular flexibility index (Phi) is 3.19. The summed E-state index contributed by atoms with van der Waals surface area (Å²) in [5, 5.41) is 15.6. The van der Waals surface area contributed by atoms with Crippen molar-refractivity contribution in [2.24, 2.45) is 5.73 Å². The molecule has 1 aromatic carbocycles. The molecule has 8 heteroatoms. The molecule has 1 aromatic heterocycles. The van der Waals surface area contributed by atoms with E-state index in [1.54, 1.807) is 6.92 Å². The summed E-state index contributed by atoms with van der Waals surface area (Å²) in [4.78, 5) is 3.99. The maximum Gasteiger partial charge on any atom is 0.419 e. The van der Waals surface area contributed by atoms with Crippen LogP contribution < -0.4 is 5.73 Å². The van der Waals surface area contributed by atoms with Crippen LogP contribution in [0.1, 0.15) is 24.4 Å². The van der Waals surface area contributed by atoms with Crippen LogP contribution in [0.4, 0.5) is 13.2 Å². The smallest absolute Gasteiger partial charge is 0.419 e. The molecule has 0 radical (unpaired) electrons. The summed E-state index contributed by atoms with van der Waals surface area (Å²) in [6, 6.07) is 2.66. The molecule has 5 nitrogen and oxygen atoms in total. The van der Waals surface area contributed by atoms with E-state index in [-0.39, 0.29) is 11.4 Å². The third-order valence-corrected chi connectivity index (χ3v) is 2.49. The van der Waals surface area contributed by atoms with E-state index < -0.39 is 23.5 Å². The van der Waals surface area contributed by atoms with Crippen molar-refractivity contribution in [1.82, 2.24) is 15.2 Å². The zero-order chi connectivity index (χ0) is 14.2. The molecule has 0 fully saturated rings. The van der Waals surface area contributed by atoms with Gasteiger partial charge in [-0.3, -0.25) is 5.10 Å². The summed E-state index contributed by atoms with van der Waals surface area (Å²) in [5.41, 5.74) is 4.59. The van der Waals surface area contributed by atoms with Gasteiger partial charge in [0.05, 0.1) is 11.6 Å². The minimum absolute atomic E-state index is 0.0952. The summed E-state index contributed by atoms with van der Waals surface area (Å²) in [5.74, 6) is -0.367. The maximum absolute atomic E-state index is 12.6. The van der Waals surface area contributed by atoms with Crippen LogP contribution in [0.15, 0.2) is 18.2 Å². The lowest BCUT2D eigenvalue weighted by Gasteiger charge is -2.09. The number of halogens is 3. The number of benzene rings is 1. The molecule has 0 saturated carbocycles. The van der Waals surface area contributed by atoms with Crippen LogP contribution in [0.2, 0.25) is 0 Å². The predicted octanol–water partition coefficient (Wildman–Crippen LogP) is 2.22. The highest BCUT2D eigenvalue weighted by Gasteiger charge is 2.34. The second-order valence-corrected chi connectivity index (χ2v) is 4.06. The number of aromatic nitrogens is 3. The topological polar surface area (TPSA) is 87.8 Å². The lowest BCUT2D eigenvalue weighted by molar-refractivity contribution is -0.138. The third-order valence-electron chi connectivity index (χ3n) is 2.49. The predicted molar refractivity (Wildman–Crippen MR) is 61.1 cm³/mol. The van der Waals surface area contributed by atoms with Gasteiger partial charge in [0.1, 0.15) is 11.6 Å². The van der Waals surface area contributed by atoms with Gasteiger partial charge >= 0.3 is 6.18 Å². The molecule has 4 N–H and O–H groups in total. The van der Waals surface area contributed by atoms with Crippen LogP contribution in [0, 0.1) is 0 Å². The summed E-state index contributed by atoms with van der Waals surface area (Å²) >= 11 is 0. The molecule has 0 aliphatic rings. The number of hydrogen-bond donors (Lipinski definition) is 3. The summed E-state index contributed by atoms with van der Waals surface area (Å²) in [7, 11) is 0. The van der Waals surface area contributed by atoms with E-state index in [0.29, 0.717) is 5.82 Å². The zero-order valence-corrected chi connectivity index (χ0v) is 9.86. The molecule has 19 heavy (non-hydrogen) atoms. The van der Waals surface area contributed by atoms with Crippen molar-refractivity contribution in [2.45, 2.75) is 19.1 Å². The van der Waals surface area contributed by atoms with Gasteiger partial charge in [0.25, 0.3) is 0 Å². The van der Waals surface area contributed by atoms with Crippen LogP contribution in [0.25, 0.3) is 11.4 Å². The lowest BCUT2D eigenvalue weighted by Crippen LogP contribution is -2.07. The molecule has 0 spiro atoms. The fourth-order valence-corrected chi connectivity index (χ4v) is 1.51. The molecule has 0 aliphatic carbocycles. The van der Waals surface area contributed by atoms with Gasteiger partial charge in [0, 0.05) is 5.56 Å². The molecular weight excluding hydrogens is 261 g/mol. The van der Waals surface area contributed by atoms with Gasteiger partial charge in [-0.2, -0.15) is 18.3 Å². The molecule has 1 heterocycles. The number of rotatable bonds is 2. The van der Waals surface area contributed by atoms with Crippen LogP contribution >= 0.6 is 0 Å². The normalized spacial score (nSPS) is 13.5. The average molecular weight is 272 g/mol. The van der Waals surface area contributed by atoms with E-state index in [1.165, 1.54) is 6.07 Å². The number of alkyl halides is 3. The van der Waals surface area contributed by atoms with Gasteiger partial charge in [-0.15, -0.1) is 0 Å². The van der Waals surface area contributed by atoms with E-state index in [0.717, 1.165) is 12.1 Å². The number of aromatic amines is 1. The number of nitrogens with two attached hydrogens (primary N) is 1. The van der Waals surface area contributed by atoms with E-state index in [4.69, 9.17) is 5.73 Å². The number of phenolic OH excluding ortho intramolecular Hbond substituents is 1. The standard InChI is InChI=1S/C11H11F3N4O/c1-5(15)9-16-10(18-17-9)6-2-3-8(19)7(4-6)11(12,13)14/h2-5,19H,15H2,1H3,(H,16,17,18). The Labute approximate surface area is 106 Å². The summed E-state index contributed by atoms with van der Waals surface area (Å²) in [6.07, 6.45) is -4.64. The number of phenols is 1. The minimum Gasteiger partial charge on any atom is -0.507 e. The Hall–Kier alpha value is -2.09. The fraction of sp³-hybridized carbons (Fsp3) is 0.273. The first-order chi connectivity index (χ1) is 8.79. The van der Waals surface area contributed by atoms with E-state index in [2.05, 4.69) is 15.2 Å². The second-order valence-electron chi connectivity index (χ2n) is 4.06. The van der Waals surface area contributed by atoms with Gasteiger partial charge in [-0.25, -0.2) is 4.98 Å². The second kappa shape index (κ2) is 4.54. The fourth-order valence-electron chi connectivity index (χ4n) is 1.51. The van der Waals surface area contributed by atoms with Gasteiger partial charge < -0.3 is 10.8 Å². The van der Waals surface area contributed by atoms with Gasteiger partial charge in [-0.1, -0.05) is 0 Å². The first kappa shape index (κ1) is 13.3. The number of hydrogen-bond acceptors (Lipinski definition) is 4. The van der Waals surface area contributed by atoms with Crippen LogP contribution in [-0.2, 0) is 6.18 Å². The van der Waals surface area contributed by atoms with Crippen molar-refractivity contribution in [3.8, 4) is 17.1 Å². The minimum atomic E-state index is -4.64. The van der Waals surface area contributed by atoms with E-state index in [1.807, 2.05) is 0 Å². The van der Waals surface area contributed by atoms with Crippen LogP contribution in [-0.4, -0.2) is 20.3 Å². The van der Waals surface area contributed by atoms with E-state index >= 15 is 0 Å². The Morgan fingerprint density at radius 3 is 2.58 bits per heavy atom. The van der Waals surface area contributed by atoms with Gasteiger partial charge in [-0.05, 0) is 25.1 Å². The van der Waals surface area contributed by atoms with Crippen molar-refractivity contribution in [2.75, 3.05) is 0 Å². The summed E-state index contributed by atoms with van der Waals surface area (Å²) in [6.45, 7) is 1.67. The number of nitrogens with zero attached hydrogens (tertiary/aromatic N) is 2. The molecule has 2 aromatic rings. The molecule has 2 rings (SSSR count). The highest BCUT2D eigenvalue weighted by atomic mass is 19.4. The third kappa shape index (κ3) is 2.68. The van der Waals surface area contributed by atoms with Crippen molar-refractivity contribution in [1.29, 1.82) is 0 Å². The lowest BCUT2D eigenvalue weighted by atomic mass is 10.1. The van der Waals surface area contributed by atoms with Crippen molar-refractivity contribution in [3.05, 3.63) is 29.6 Å². The molecule has 0 saturated heterocycles. The Balaban J connectivity index is 2.45.